The molecule has 4 aromatic carbocycles. The van der Waals surface area contributed by atoms with Gasteiger partial charge in [0.25, 0.3) is 0 Å². The Morgan fingerprint density at radius 2 is 1.21 bits per heavy atom. The summed E-state index contributed by atoms with van der Waals surface area (Å²) in [5.74, 6) is -3.35. The number of fused-ring (bicyclic) bond motifs is 2. The van der Waals surface area contributed by atoms with Gasteiger partial charge >= 0.3 is 0 Å². The van der Waals surface area contributed by atoms with Crippen molar-refractivity contribution in [1.29, 1.82) is 0 Å². The molecule has 4 aromatic rings. The minimum absolute atomic E-state index is 0.0511. The first-order valence-corrected chi connectivity index (χ1v) is 7.39. The Morgan fingerprint density at radius 1 is 0.583 bits per heavy atom. The Balaban J connectivity index is 2.26. The Labute approximate surface area is 136 Å². The van der Waals surface area contributed by atoms with Gasteiger partial charge in [-0.1, -0.05) is 54.6 Å². The van der Waals surface area contributed by atoms with E-state index < -0.39 is 17.4 Å². The maximum Gasteiger partial charge on any atom is 0.201 e. The lowest BCUT2D eigenvalue weighted by molar-refractivity contribution is 0.412. The summed E-state index contributed by atoms with van der Waals surface area (Å²) in [6, 6.07) is 16.7. The average Bonchev–Trinajstić information content (AvgIpc) is 2.62. The maximum absolute atomic E-state index is 14.2. The first-order valence-electron chi connectivity index (χ1n) is 7.39. The number of phenols is 2. The van der Waals surface area contributed by atoms with Crippen LogP contribution in [0.2, 0.25) is 0 Å². The van der Waals surface area contributed by atoms with Crippen molar-refractivity contribution in [1.82, 2.24) is 0 Å². The highest BCUT2D eigenvalue weighted by Crippen LogP contribution is 2.46. The lowest BCUT2D eigenvalue weighted by Gasteiger charge is -2.15. The second-order valence-electron chi connectivity index (χ2n) is 5.58. The summed E-state index contributed by atoms with van der Waals surface area (Å²) in [6.45, 7) is 0. The zero-order valence-corrected chi connectivity index (χ0v) is 12.4. The van der Waals surface area contributed by atoms with Crippen molar-refractivity contribution in [3.63, 3.8) is 0 Å². The Hall–Kier alpha value is -3.14. The van der Waals surface area contributed by atoms with Crippen LogP contribution in [0.15, 0.2) is 60.7 Å². The fourth-order valence-electron chi connectivity index (χ4n) is 3.13. The number of aromatic hydroxyl groups is 2. The van der Waals surface area contributed by atoms with Gasteiger partial charge in [0, 0.05) is 16.5 Å². The van der Waals surface area contributed by atoms with Gasteiger partial charge in [-0.3, -0.25) is 0 Å². The van der Waals surface area contributed by atoms with Crippen molar-refractivity contribution in [3.05, 3.63) is 72.3 Å². The molecular formula is C20H12F2O2. The van der Waals surface area contributed by atoms with Crippen LogP contribution < -0.4 is 0 Å². The highest BCUT2D eigenvalue weighted by Gasteiger charge is 2.23. The summed E-state index contributed by atoms with van der Waals surface area (Å²) in [5.41, 5.74) is 0.361. The molecule has 4 rings (SSSR count). The normalized spacial score (nSPS) is 11.2. The van der Waals surface area contributed by atoms with Crippen molar-refractivity contribution >= 4 is 21.5 Å². The Morgan fingerprint density at radius 3 is 1.96 bits per heavy atom. The van der Waals surface area contributed by atoms with Crippen LogP contribution in [0.3, 0.4) is 0 Å². The van der Waals surface area contributed by atoms with Crippen LogP contribution in [-0.2, 0) is 0 Å². The Kier molecular flexibility index (Phi) is 3.13. The van der Waals surface area contributed by atoms with E-state index in [1.165, 1.54) is 12.1 Å². The van der Waals surface area contributed by atoms with E-state index in [-0.39, 0.29) is 22.3 Å². The van der Waals surface area contributed by atoms with Crippen molar-refractivity contribution < 1.29 is 19.0 Å². The average molecular weight is 322 g/mol. The van der Waals surface area contributed by atoms with Crippen molar-refractivity contribution in [2.45, 2.75) is 0 Å². The van der Waals surface area contributed by atoms with Crippen molar-refractivity contribution in [3.8, 4) is 22.6 Å². The quantitative estimate of drug-likeness (QED) is 0.496. The molecular weight excluding hydrogens is 310 g/mol. The molecule has 0 aliphatic heterocycles. The molecule has 0 unspecified atom stereocenters. The molecule has 24 heavy (non-hydrogen) atoms. The lowest BCUT2D eigenvalue weighted by atomic mass is 9.92. The number of phenolic OH excluding ortho intramolecular Hbond substituents is 2. The maximum atomic E-state index is 14.2. The van der Waals surface area contributed by atoms with Gasteiger partial charge in [0.15, 0.2) is 11.6 Å². The fourth-order valence-corrected chi connectivity index (χ4v) is 3.13. The van der Waals surface area contributed by atoms with E-state index in [4.69, 9.17) is 0 Å². The molecule has 4 heteroatoms. The van der Waals surface area contributed by atoms with Gasteiger partial charge in [-0.25, -0.2) is 4.39 Å². The molecule has 0 spiro atoms. The van der Waals surface area contributed by atoms with Crippen LogP contribution in [0.25, 0.3) is 32.7 Å². The molecule has 2 N–H and O–H groups in total. The number of halogens is 2. The molecule has 2 nitrogen and oxygen atoms in total. The van der Waals surface area contributed by atoms with Gasteiger partial charge in [-0.05, 0) is 22.2 Å². The smallest absolute Gasteiger partial charge is 0.201 e. The van der Waals surface area contributed by atoms with Crippen LogP contribution in [-0.4, -0.2) is 10.2 Å². The molecule has 0 amide bonds. The minimum atomic E-state index is -1.32. The van der Waals surface area contributed by atoms with Gasteiger partial charge < -0.3 is 10.2 Å². The summed E-state index contributed by atoms with van der Waals surface area (Å²) in [6.07, 6.45) is 0. The predicted molar refractivity (Wildman–Crippen MR) is 90.1 cm³/mol. The molecule has 118 valence electrons. The van der Waals surface area contributed by atoms with Gasteiger partial charge in [0.1, 0.15) is 5.75 Å². The van der Waals surface area contributed by atoms with Crippen LogP contribution in [0.5, 0.6) is 11.5 Å². The third-order valence-corrected chi connectivity index (χ3v) is 4.23. The van der Waals surface area contributed by atoms with Gasteiger partial charge in [-0.2, -0.15) is 4.39 Å². The van der Waals surface area contributed by atoms with Gasteiger partial charge in [0.2, 0.25) is 5.82 Å². The predicted octanol–water partition coefficient (Wildman–Crippen LogP) is 5.35. The summed E-state index contributed by atoms with van der Waals surface area (Å²) in [7, 11) is 0. The summed E-state index contributed by atoms with van der Waals surface area (Å²) in [4.78, 5) is 0. The molecule has 0 heterocycles. The van der Waals surface area contributed by atoms with Crippen LogP contribution >= 0.6 is 0 Å². The standard InChI is InChI=1S/C20H12F2O2/c21-18-14-8-4-3-7-13(14)17(20(24)19(18)22)16-12-6-2-1-5-11(12)9-10-15(16)23/h1-10,23-24H. The third kappa shape index (κ3) is 1.93. The topological polar surface area (TPSA) is 40.5 Å². The zero-order valence-electron chi connectivity index (χ0n) is 12.4. The third-order valence-electron chi connectivity index (χ3n) is 4.23. The monoisotopic (exact) mass is 322 g/mol. The van der Waals surface area contributed by atoms with Crippen LogP contribution in [0.4, 0.5) is 8.78 Å². The molecule has 0 aliphatic rings. The molecule has 0 atom stereocenters. The second kappa shape index (κ2) is 5.20. The highest BCUT2D eigenvalue weighted by molar-refractivity contribution is 6.09. The molecule has 0 fully saturated rings. The molecule has 0 bridgehead atoms. The summed E-state index contributed by atoms with van der Waals surface area (Å²) in [5, 5.41) is 22.5. The van der Waals surface area contributed by atoms with E-state index in [0.29, 0.717) is 10.8 Å². The lowest BCUT2D eigenvalue weighted by Crippen LogP contribution is -1.94. The van der Waals surface area contributed by atoms with Gasteiger partial charge in [0.05, 0.1) is 0 Å². The number of benzene rings is 4. The van der Waals surface area contributed by atoms with E-state index in [1.807, 2.05) is 12.1 Å². The molecule has 0 radical (unpaired) electrons. The van der Waals surface area contributed by atoms with E-state index in [1.54, 1.807) is 36.4 Å². The highest BCUT2D eigenvalue weighted by atomic mass is 19.2. The number of rotatable bonds is 1. The SMILES string of the molecule is Oc1ccc2ccccc2c1-c1c(O)c(F)c(F)c2ccccc12. The molecule has 0 aromatic heterocycles. The second-order valence-corrected chi connectivity index (χ2v) is 5.58. The Bertz CT molecular complexity index is 1100. The van der Waals surface area contributed by atoms with Crippen molar-refractivity contribution in [2.24, 2.45) is 0 Å². The van der Waals surface area contributed by atoms with Gasteiger partial charge in [-0.15, -0.1) is 0 Å². The molecule has 0 saturated carbocycles. The minimum Gasteiger partial charge on any atom is -0.507 e. The van der Waals surface area contributed by atoms with Crippen LogP contribution in [0, 0.1) is 11.6 Å². The summed E-state index contributed by atoms with van der Waals surface area (Å²) >= 11 is 0. The number of hydrogen-bond donors (Lipinski definition) is 2. The van der Waals surface area contributed by atoms with E-state index >= 15 is 0 Å². The fraction of sp³-hybridized carbons (Fsp3) is 0. The molecule has 0 aliphatic carbocycles. The number of hydrogen-bond acceptors (Lipinski definition) is 2. The van der Waals surface area contributed by atoms with Crippen molar-refractivity contribution in [2.75, 3.05) is 0 Å². The zero-order chi connectivity index (χ0) is 16.8. The molecule has 0 saturated heterocycles. The van der Waals surface area contributed by atoms with Crippen LogP contribution in [0.1, 0.15) is 0 Å². The largest absolute Gasteiger partial charge is 0.507 e. The first-order chi connectivity index (χ1) is 11.6. The first kappa shape index (κ1) is 14.5. The van der Waals surface area contributed by atoms with E-state index in [0.717, 1.165) is 5.39 Å². The van der Waals surface area contributed by atoms with E-state index in [9.17, 15) is 19.0 Å². The van der Waals surface area contributed by atoms with E-state index in [2.05, 4.69) is 0 Å². The summed E-state index contributed by atoms with van der Waals surface area (Å²) < 4.78 is 28.4.